The molecule has 0 unspecified atom stereocenters. The number of nitrogens with one attached hydrogen (secondary N) is 1. The summed E-state index contributed by atoms with van der Waals surface area (Å²) in [6.45, 7) is 0. The number of halogens is 1. The third-order valence-corrected chi connectivity index (χ3v) is 2.08. The van der Waals surface area contributed by atoms with E-state index in [1.165, 1.54) is 4.57 Å². The maximum absolute atomic E-state index is 11.2. The average molecular weight is 195 g/mol. The summed E-state index contributed by atoms with van der Waals surface area (Å²) in [6, 6.07) is 7.19. The number of benzene rings is 1. The summed E-state index contributed by atoms with van der Waals surface area (Å²) in [5.41, 5.74) is 0.503. The number of H-pyrrole nitrogens is 1. The Morgan fingerprint density at radius 2 is 2.08 bits per heavy atom. The molecule has 1 N–H and O–H groups in total. The number of hydrogen-bond donors (Lipinski definition) is 1. The van der Waals surface area contributed by atoms with E-state index in [4.69, 9.17) is 11.6 Å². The first kappa shape index (κ1) is 8.13. The number of imidazole rings is 1. The first-order valence-corrected chi connectivity index (χ1v) is 4.18. The van der Waals surface area contributed by atoms with Crippen molar-refractivity contribution >= 4 is 11.6 Å². The van der Waals surface area contributed by atoms with Crippen LogP contribution in [0.1, 0.15) is 0 Å². The van der Waals surface area contributed by atoms with Gasteiger partial charge >= 0.3 is 5.69 Å². The largest absolute Gasteiger partial charge is 0.330 e. The molecule has 0 amide bonds. The highest BCUT2D eigenvalue weighted by Gasteiger charge is 2.02. The smallest absolute Gasteiger partial charge is 0.312 e. The van der Waals surface area contributed by atoms with E-state index >= 15 is 0 Å². The van der Waals surface area contributed by atoms with Crippen molar-refractivity contribution in [3.8, 4) is 5.69 Å². The minimum atomic E-state index is -0.187. The van der Waals surface area contributed by atoms with E-state index in [-0.39, 0.29) is 5.69 Å². The standard InChI is InChI=1S/C9H7ClN2O/c10-7-3-1-2-4-8(7)12-6-5-11-9(12)13/h1-6H,(H,11,13). The molecular formula is C9H7ClN2O. The van der Waals surface area contributed by atoms with Crippen LogP contribution in [0.15, 0.2) is 41.5 Å². The van der Waals surface area contributed by atoms with Crippen molar-refractivity contribution in [1.82, 2.24) is 9.55 Å². The molecule has 0 spiro atoms. The number of aromatic nitrogens is 2. The SMILES string of the molecule is O=c1[nH]ccn1-c1ccccc1Cl. The molecule has 4 heteroatoms. The lowest BCUT2D eigenvalue weighted by Crippen LogP contribution is -2.14. The summed E-state index contributed by atoms with van der Waals surface area (Å²) < 4.78 is 1.46. The van der Waals surface area contributed by atoms with Gasteiger partial charge in [-0.2, -0.15) is 0 Å². The van der Waals surface area contributed by atoms with Gasteiger partial charge in [-0.25, -0.2) is 4.79 Å². The van der Waals surface area contributed by atoms with Gasteiger partial charge < -0.3 is 4.98 Å². The highest BCUT2D eigenvalue weighted by Crippen LogP contribution is 2.17. The monoisotopic (exact) mass is 194 g/mol. The van der Waals surface area contributed by atoms with Crippen molar-refractivity contribution in [2.45, 2.75) is 0 Å². The van der Waals surface area contributed by atoms with Crippen molar-refractivity contribution < 1.29 is 0 Å². The molecular weight excluding hydrogens is 188 g/mol. The van der Waals surface area contributed by atoms with Crippen LogP contribution in [-0.2, 0) is 0 Å². The van der Waals surface area contributed by atoms with Crippen molar-refractivity contribution in [1.29, 1.82) is 0 Å². The Labute approximate surface area is 79.6 Å². The van der Waals surface area contributed by atoms with Crippen molar-refractivity contribution in [2.24, 2.45) is 0 Å². The fourth-order valence-corrected chi connectivity index (χ4v) is 1.38. The van der Waals surface area contributed by atoms with Crippen molar-refractivity contribution in [2.75, 3.05) is 0 Å². The molecule has 1 aromatic carbocycles. The van der Waals surface area contributed by atoms with Gasteiger partial charge in [-0.15, -0.1) is 0 Å². The Kier molecular flexibility index (Phi) is 1.94. The van der Waals surface area contributed by atoms with Gasteiger partial charge in [-0.05, 0) is 12.1 Å². The van der Waals surface area contributed by atoms with Gasteiger partial charge in [0.1, 0.15) is 0 Å². The van der Waals surface area contributed by atoms with Gasteiger partial charge in [0, 0.05) is 12.4 Å². The molecule has 3 nitrogen and oxygen atoms in total. The molecule has 1 heterocycles. The lowest BCUT2D eigenvalue weighted by Gasteiger charge is -2.01. The van der Waals surface area contributed by atoms with Gasteiger partial charge in [0.05, 0.1) is 10.7 Å². The fraction of sp³-hybridized carbons (Fsp3) is 0. The molecule has 0 aliphatic carbocycles. The maximum Gasteiger partial charge on any atom is 0.330 e. The predicted octanol–water partition coefficient (Wildman–Crippen LogP) is 1.82. The lowest BCUT2D eigenvalue weighted by molar-refractivity contribution is 0.987. The van der Waals surface area contributed by atoms with E-state index in [0.717, 1.165) is 0 Å². The first-order valence-electron chi connectivity index (χ1n) is 3.80. The molecule has 13 heavy (non-hydrogen) atoms. The fourth-order valence-electron chi connectivity index (χ4n) is 1.16. The Hall–Kier alpha value is -1.48. The molecule has 0 atom stereocenters. The molecule has 2 rings (SSSR count). The summed E-state index contributed by atoms with van der Waals surface area (Å²) in [5, 5.41) is 0.559. The zero-order valence-corrected chi connectivity index (χ0v) is 7.45. The number of hydrogen-bond acceptors (Lipinski definition) is 1. The number of nitrogens with zero attached hydrogens (tertiary/aromatic N) is 1. The predicted molar refractivity (Wildman–Crippen MR) is 51.4 cm³/mol. The minimum absolute atomic E-state index is 0.187. The molecule has 66 valence electrons. The van der Waals surface area contributed by atoms with Crippen LogP contribution in [0.2, 0.25) is 5.02 Å². The van der Waals surface area contributed by atoms with E-state index < -0.39 is 0 Å². The van der Waals surface area contributed by atoms with Gasteiger partial charge in [0.2, 0.25) is 0 Å². The van der Waals surface area contributed by atoms with E-state index in [0.29, 0.717) is 10.7 Å². The molecule has 0 radical (unpaired) electrons. The first-order chi connectivity index (χ1) is 6.29. The molecule has 0 saturated heterocycles. The van der Waals surface area contributed by atoms with E-state index in [1.807, 2.05) is 12.1 Å². The van der Waals surface area contributed by atoms with E-state index in [2.05, 4.69) is 4.98 Å². The molecule has 0 saturated carbocycles. The van der Waals surface area contributed by atoms with Crippen molar-refractivity contribution in [3.05, 3.63) is 52.2 Å². The third kappa shape index (κ3) is 1.38. The highest BCUT2D eigenvalue weighted by atomic mass is 35.5. The van der Waals surface area contributed by atoms with Crippen LogP contribution in [0.3, 0.4) is 0 Å². The third-order valence-electron chi connectivity index (χ3n) is 1.76. The highest BCUT2D eigenvalue weighted by molar-refractivity contribution is 6.32. The molecule has 1 aromatic heterocycles. The lowest BCUT2D eigenvalue weighted by atomic mass is 10.3. The summed E-state index contributed by atoms with van der Waals surface area (Å²) in [5.74, 6) is 0. The summed E-state index contributed by atoms with van der Waals surface area (Å²) >= 11 is 5.91. The van der Waals surface area contributed by atoms with Crippen LogP contribution >= 0.6 is 11.6 Å². The van der Waals surface area contributed by atoms with Crippen LogP contribution in [-0.4, -0.2) is 9.55 Å². The van der Waals surface area contributed by atoms with E-state index in [9.17, 15) is 4.79 Å². The van der Waals surface area contributed by atoms with Crippen LogP contribution < -0.4 is 5.69 Å². The summed E-state index contributed by atoms with van der Waals surface area (Å²) in [7, 11) is 0. The number of rotatable bonds is 1. The number of para-hydroxylation sites is 1. The Morgan fingerprint density at radius 1 is 1.31 bits per heavy atom. The van der Waals surface area contributed by atoms with Crippen molar-refractivity contribution in [3.63, 3.8) is 0 Å². The van der Waals surface area contributed by atoms with E-state index in [1.54, 1.807) is 24.5 Å². The van der Waals surface area contributed by atoms with Gasteiger partial charge in [-0.3, -0.25) is 4.57 Å². The molecule has 0 aliphatic heterocycles. The second-order valence-electron chi connectivity index (χ2n) is 2.59. The topological polar surface area (TPSA) is 37.8 Å². The van der Waals surface area contributed by atoms with Crippen LogP contribution in [0.25, 0.3) is 5.69 Å². The molecule has 2 aromatic rings. The van der Waals surface area contributed by atoms with Gasteiger partial charge in [0.15, 0.2) is 0 Å². The van der Waals surface area contributed by atoms with Crippen LogP contribution in [0.5, 0.6) is 0 Å². The summed E-state index contributed by atoms with van der Waals surface area (Å²) in [4.78, 5) is 13.8. The van der Waals surface area contributed by atoms with Gasteiger partial charge in [-0.1, -0.05) is 23.7 Å². The maximum atomic E-state index is 11.2. The molecule has 0 aliphatic rings. The zero-order valence-electron chi connectivity index (χ0n) is 6.70. The summed E-state index contributed by atoms with van der Waals surface area (Å²) in [6.07, 6.45) is 3.22. The number of aromatic amines is 1. The average Bonchev–Trinajstić information content (AvgIpc) is 2.52. The molecule has 0 fully saturated rings. The zero-order chi connectivity index (χ0) is 9.26. The van der Waals surface area contributed by atoms with Crippen LogP contribution in [0, 0.1) is 0 Å². The Balaban J connectivity index is 2.66. The Morgan fingerprint density at radius 3 is 2.69 bits per heavy atom. The normalized spacial score (nSPS) is 10.2. The van der Waals surface area contributed by atoms with Gasteiger partial charge in [0.25, 0.3) is 0 Å². The molecule has 0 bridgehead atoms. The second kappa shape index (κ2) is 3.11. The quantitative estimate of drug-likeness (QED) is 0.739. The second-order valence-corrected chi connectivity index (χ2v) is 2.99. The van der Waals surface area contributed by atoms with Crippen LogP contribution in [0.4, 0.5) is 0 Å². The minimum Gasteiger partial charge on any atom is -0.312 e. The Bertz CT molecular complexity index is 472.